The number of alkyl halides is 5. The van der Waals surface area contributed by atoms with Gasteiger partial charge in [0.15, 0.2) is 5.82 Å². The van der Waals surface area contributed by atoms with E-state index < -0.39 is 73.6 Å². The van der Waals surface area contributed by atoms with E-state index in [1.54, 1.807) is 0 Å². The molecule has 0 bridgehead atoms. The van der Waals surface area contributed by atoms with Crippen molar-refractivity contribution in [2.24, 2.45) is 5.92 Å². The van der Waals surface area contributed by atoms with Crippen LogP contribution in [0.2, 0.25) is 5.02 Å². The molecular weight excluding hydrogens is 539 g/mol. The second kappa shape index (κ2) is 9.16. The summed E-state index contributed by atoms with van der Waals surface area (Å²) in [6, 6.07) is 2.84. The molecular formula is C19H10Cl3F6N3O3. The van der Waals surface area contributed by atoms with Crippen molar-refractivity contribution in [2.45, 2.75) is 16.9 Å². The molecule has 182 valence electrons. The first-order valence-corrected chi connectivity index (χ1v) is 10.1. The Morgan fingerprint density at radius 1 is 0.971 bits per heavy atom. The molecule has 0 heterocycles. The Balaban J connectivity index is 1.85. The number of benzene rings is 2. The standard InChI is InChI=1S/C19H10Cl3F6N3O3/c20-12-7(3-6(4-10(12)24)29-16(33)8-5-18(8,21)22)15(32)30-11-2-1-9(23)14(13(11)25)31-17(34)19(26,27)28/h1-4,8H,5H2,(H,29,33)(H,30,32)(H,31,34). The minimum atomic E-state index is -5.44. The maximum absolute atomic E-state index is 14.5. The van der Waals surface area contributed by atoms with Crippen LogP contribution >= 0.6 is 34.8 Å². The maximum atomic E-state index is 14.5. The number of rotatable bonds is 5. The number of hydrogen-bond donors (Lipinski definition) is 3. The molecule has 3 N–H and O–H groups in total. The Kier molecular flexibility index (Phi) is 6.98. The SMILES string of the molecule is O=C(Nc1ccc(F)c(NC(=O)C(F)(F)F)c1F)c1cc(NC(=O)C2CC2(Cl)Cl)cc(F)c1Cl. The van der Waals surface area contributed by atoms with E-state index in [4.69, 9.17) is 34.8 Å². The second-order valence-corrected chi connectivity index (χ2v) is 8.94. The zero-order chi connectivity index (χ0) is 25.6. The van der Waals surface area contributed by atoms with Gasteiger partial charge in [0.25, 0.3) is 5.91 Å². The second-order valence-electron chi connectivity index (χ2n) is 7.02. The minimum absolute atomic E-state index is 0.141. The van der Waals surface area contributed by atoms with Gasteiger partial charge in [-0.15, -0.1) is 23.2 Å². The number of hydrogen-bond acceptors (Lipinski definition) is 3. The Morgan fingerprint density at radius 2 is 1.59 bits per heavy atom. The summed E-state index contributed by atoms with van der Waals surface area (Å²) in [7, 11) is 0. The lowest BCUT2D eigenvalue weighted by Crippen LogP contribution is -2.31. The highest BCUT2D eigenvalue weighted by molar-refractivity contribution is 6.52. The zero-order valence-electron chi connectivity index (χ0n) is 16.2. The van der Waals surface area contributed by atoms with Crippen molar-refractivity contribution in [1.29, 1.82) is 0 Å². The third-order valence-corrected chi connectivity index (χ3v) is 5.74. The van der Waals surface area contributed by atoms with Crippen LogP contribution in [0.4, 0.5) is 43.4 Å². The van der Waals surface area contributed by atoms with Gasteiger partial charge in [-0.2, -0.15) is 13.2 Å². The highest BCUT2D eigenvalue weighted by Crippen LogP contribution is 2.53. The van der Waals surface area contributed by atoms with E-state index in [1.807, 2.05) is 5.32 Å². The van der Waals surface area contributed by atoms with Crippen LogP contribution < -0.4 is 16.0 Å². The molecule has 0 aromatic heterocycles. The van der Waals surface area contributed by atoms with Crippen LogP contribution in [0.15, 0.2) is 24.3 Å². The zero-order valence-corrected chi connectivity index (χ0v) is 18.5. The summed E-state index contributed by atoms with van der Waals surface area (Å²) in [4.78, 5) is 35.7. The van der Waals surface area contributed by atoms with Crippen molar-refractivity contribution in [3.63, 3.8) is 0 Å². The van der Waals surface area contributed by atoms with E-state index in [-0.39, 0.29) is 12.1 Å². The van der Waals surface area contributed by atoms with Gasteiger partial charge in [0.2, 0.25) is 5.91 Å². The summed E-state index contributed by atoms with van der Waals surface area (Å²) >= 11 is 17.3. The lowest BCUT2D eigenvalue weighted by molar-refractivity contribution is -0.167. The molecule has 1 saturated carbocycles. The van der Waals surface area contributed by atoms with Gasteiger partial charge in [-0.3, -0.25) is 14.4 Å². The van der Waals surface area contributed by atoms with Gasteiger partial charge < -0.3 is 16.0 Å². The topological polar surface area (TPSA) is 87.3 Å². The molecule has 1 unspecified atom stereocenters. The first-order valence-electron chi connectivity index (χ1n) is 8.97. The third kappa shape index (κ3) is 5.50. The number of nitrogens with one attached hydrogen (secondary N) is 3. The van der Waals surface area contributed by atoms with Gasteiger partial charge in [-0.1, -0.05) is 11.6 Å². The van der Waals surface area contributed by atoms with Crippen LogP contribution in [-0.4, -0.2) is 28.2 Å². The van der Waals surface area contributed by atoms with Crippen LogP contribution in [0.5, 0.6) is 0 Å². The predicted octanol–water partition coefficient (Wildman–Crippen LogP) is 5.64. The van der Waals surface area contributed by atoms with Gasteiger partial charge in [0.1, 0.15) is 21.7 Å². The summed E-state index contributed by atoms with van der Waals surface area (Å²) in [6.45, 7) is 0. The molecule has 1 fully saturated rings. The number of amides is 3. The van der Waals surface area contributed by atoms with E-state index in [0.29, 0.717) is 12.1 Å². The van der Waals surface area contributed by atoms with Crippen molar-refractivity contribution in [1.82, 2.24) is 0 Å². The van der Waals surface area contributed by atoms with Crippen molar-refractivity contribution in [3.8, 4) is 0 Å². The van der Waals surface area contributed by atoms with E-state index in [9.17, 15) is 40.7 Å². The van der Waals surface area contributed by atoms with Gasteiger partial charge in [-0.05, 0) is 30.7 Å². The average Bonchev–Trinajstić information content (AvgIpc) is 3.37. The molecule has 3 rings (SSSR count). The van der Waals surface area contributed by atoms with Gasteiger partial charge in [-0.25, -0.2) is 13.2 Å². The van der Waals surface area contributed by atoms with E-state index in [0.717, 1.165) is 17.4 Å². The van der Waals surface area contributed by atoms with E-state index in [1.165, 1.54) is 0 Å². The minimum Gasteiger partial charge on any atom is -0.326 e. The molecule has 15 heteroatoms. The first-order chi connectivity index (χ1) is 15.6. The Morgan fingerprint density at radius 3 is 2.15 bits per heavy atom. The normalized spacial score (nSPS) is 16.6. The number of carbonyl (C=O) groups excluding carboxylic acids is 3. The fourth-order valence-corrected chi connectivity index (χ4v) is 3.39. The Hall–Kier alpha value is -2.70. The summed E-state index contributed by atoms with van der Waals surface area (Å²) in [5, 5.41) is 4.46. The molecule has 1 aliphatic rings. The van der Waals surface area contributed by atoms with Crippen LogP contribution in [0, 0.1) is 23.4 Å². The summed E-state index contributed by atoms with van der Waals surface area (Å²) in [6.07, 6.45) is -5.30. The summed E-state index contributed by atoms with van der Waals surface area (Å²) < 4.78 is 78.5. The number of halogens is 9. The van der Waals surface area contributed by atoms with Gasteiger partial charge in [0, 0.05) is 5.69 Å². The molecule has 2 aromatic rings. The summed E-state index contributed by atoms with van der Waals surface area (Å²) in [5.74, 6) is -9.85. The Bertz CT molecular complexity index is 1210. The fourth-order valence-electron chi connectivity index (χ4n) is 2.69. The van der Waals surface area contributed by atoms with Crippen molar-refractivity contribution < 1.29 is 40.7 Å². The smallest absolute Gasteiger partial charge is 0.326 e. The van der Waals surface area contributed by atoms with Crippen LogP contribution in [0.1, 0.15) is 16.8 Å². The molecule has 6 nitrogen and oxygen atoms in total. The number of anilines is 3. The van der Waals surface area contributed by atoms with Crippen molar-refractivity contribution in [2.75, 3.05) is 16.0 Å². The molecule has 2 aromatic carbocycles. The molecule has 0 aliphatic heterocycles. The lowest BCUT2D eigenvalue weighted by Gasteiger charge is -2.14. The van der Waals surface area contributed by atoms with Crippen LogP contribution in [-0.2, 0) is 9.59 Å². The van der Waals surface area contributed by atoms with Crippen LogP contribution in [0.3, 0.4) is 0 Å². The highest BCUT2D eigenvalue weighted by Gasteiger charge is 2.56. The molecule has 1 aliphatic carbocycles. The highest BCUT2D eigenvalue weighted by atomic mass is 35.5. The molecule has 3 amide bonds. The summed E-state index contributed by atoms with van der Waals surface area (Å²) in [5.41, 5.74) is -3.18. The largest absolute Gasteiger partial charge is 0.471 e. The molecule has 0 saturated heterocycles. The molecule has 0 spiro atoms. The molecule has 1 atom stereocenters. The van der Waals surface area contributed by atoms with E-state index in [2.05, 4.69) is 5.32 Å². The molecule has 34 heavy (non-hydrogen) atoms. The Labute approximate surface area is 201 Å². The predicted molar refractivity (Wildman–Crippen MR) is 112 cm³/mol. The molecule has 0 radical (unpaired) electrons. The lowest BCUT2D eigenvalue weighted by atomic mass is 10.1. The van der Waals surface area contributed by atoms with E-state index >= 15 is 0 Å². The van der Waals surface area contributed by atoms with Crippen molar-refractivity contribution in [3.05, 3.63) is 52.3 Å². The number of carbonyl (C=O) groups is 3. The average molecular weight is 549 g/mol. The monoisotopic (exact) mass is 547 g/mol. The van der Waals surface area contributed by atoms with Gasteiger partial charge >= 0.3 is 12.1 Å². The van der Waals surface area contributed by atoms with Crippen LogP contribution in [0.25, 0.3) is 0 Å². The third-order valence-electron chi connectivity index (χ3n) is 4.52. The maximum Gasteiger partial charge on any atom is 0.471 e. The quantitative estimate of drug-likeness (QED) is 0.334. The fraction of sp³-hybridized carbons (Fsp3) is 0.211. The van der Waals surface area contributed by atoms with Crippen molar-refractivity contribution >= 4 is 69.6 Å². The first kappa shape index (κ1) is 25.9. The van der Waals surface area contributed by atoms with Gasteiger partial charge in [0.05, 0.1) is 22.2 Å².